The summed E-state index contributed by atoms with van der Waals surface area (Å²) in [6, 6.07) is 10.1. The van der Waals surface area contributed by atoms with Crippen LogP contribution in [0.2, 0.25) is 0 Å². The van der Waals surface area contributed by atoms with Crippen LogP contribution in [0.25, 0.3) is 5.69 Å². The van der Waals surface area contributed by atoms with Gasteiger partial charge in [-0.3, -0.25) is 4.79 Å². The number of para-hydroxylation sites is 1. The van der Waals surface area contributed by atoms with Crippen LogP contribution in [-0.4, -0.2) is 26.8 Å². The lowest BCUT2D eigenvalue weighted by molar-refractivity contribution is -0.672. The van der Waals surface area contributed by atoms with Gasteiger partial charge in [0.25, 0.3) is 0 Å². The summed E-state index contributed by atoms with van der Waals surface area (Å²) in [4.78, 5) is 20.3. The van der Waals surface area contributed by atoms with Crippen LogP contribution in [0.15, 0.2) is 46.1 Å². The number of hydrogen-bond acceptors (Lipinski definition) is 9. The Morgan fingerprint density at radius 2 is 1.88 bits per heavy atom. The molecule has 0 bridgehead atoms. The number of carbonyl (C=O) groups excluding carboxylic acids is 1. The molecule has 10 heteroatoms. The van der Waals surface area contributed by atoms with Crippen LogP contribution in [0.3, 0.4) is 0 Å². The van der Waals surface area contributed by atoms with E-state index in [2.05, 4.69) is 19.8 Å². The maximum Gasteiger partial charge on any atom is 0.307 e. The zero-order valence-corrected chi connectivity index (χ0v) is 13.1. The topological polar surface area (TPSA) is 148 Å². The number of ketones is 1. The number of hydrogen-bond donors (Lipinski definition) is 2. The third kappa shape index (κ3) is 3.27. The molecular formula is C14H12N6O3S. The molecule has 2 aromatic heterocycles. The molecule has 3 aromatic rings. The highest BCUT2D eigenvalue weighted by molar-refractivity contribution is 7.99. The number of nitrogen functional groups attached to an aromatic ring is 2. The van der Waals surface area contributed by atoms with Gasteiger partial charge < -0.3 is 21.1 Å². The number of aromatic nitrogens is 4. The second-order valence-electron chi connectivity index (χ2n) is 4.67. The lowest BCUT2D eigenvalue weighted by Crippen LogP contribution is -2.39. The molecule has 2 heterocycles. The first-order valence-electron chi connectivity index (χ1n) is 6.75. The molecule has 0 fully saturated rings. The predicted octanol–water partition coefficient (Wildman–Crippen LogP) is -0.0457. The van der Waals surface area contributed by atoms with E-state index in [1.807, 2.05) is 0 Å². The second-order valence-corrected chi connectivity index (χ2v) is 5.61. The molecule has 0 aliphatic heterocycles. The molecule has 0 aliphatic rings. The van der Waals surface area contributed by atoms with Gasteiger partial charge in [0.1, 0.15) is 11.6 Å². The summed E-state index contributed by atoms with van der Waals surface area (Å²) in [6.07, 6.45) is 0. The minimum Gasteiger partial charge on any atom is -0.539 e. The van der Waals surface area contributed by atoms with E-state index in [1.54, 1.807) is 30.3 Å². The summed E-state index contributed by atoms with van der Waals surface area (Å²) in [6.45, 7) is 0. The average Bonchev–Trinajstić information content (AvgIpc) is 2.94. The number of benzene rings is 1. The molecule has 1 aromatic carbocycles. The van der Waals surface area contributed by atoms with Crippen molar-refractivity contribution in [2.24, 2.45) is 0 Å². The van der Waals surface area contributed by atoms with Crippen molar-refractivity contribution in [3.8, 4) is 11.6 Å². The van der Waals surface area contributed by atoms with Crippen molar-refractivity contribution in [2.75, 3.05) is 17.2 Å². The lowest BCUT2D eigenvalue weighted by Gasteiger charge is -2.01. The van der Waals surface area contributed by atoms with E-state index in [0.717, 1.165) is 11.8 Å². The van der Waals surface area contributed by atoms with Crippen molar-refractivity contribution in [3.05, 3.63) is 42.1 Å². The van der Waals surface area contributed by atoms with Crippen LogP contribution in [0, 0.1) is 0 Å². The fraction of sp³-hybridized carbons (Fsp3) is 0.0714. The van der Waals surface area contributed by atoms with E-state index < -0.39 is 11.7 Å². The first-order valence-corrected chi connectivity index (χ1v) is 7.73. The maximum absolute atomic E-state index is 12.4. The minimum atomic E-state index is -0.808. The molecule has 0 unspecified atom stereocenters. The summed E-state index contributed by atoms with van der Waals surface area (Å²) in [5, 5.41) is 15.7. The third-order valence-corrected chi connectivity index (χ3v) is 3.80. The Bertz CT molecular complexity index is 863. The van der Waals surface area contributed by atoms with Crippen molar-refractivity contribution in [2.45, 2.75) is 5.16 Å². The molecule has 4 N–H and O–H groups in total. The van der Waals surface area contributed by atoms with Gasteiger partial charge >= 0.3 is 5.69 Å². The van der Waals surface area contributed by atoms with Crippen LogP contribution < -0.4 is 21.3 Å². The Morgan fingerprint density at radius 3 is 2.54 bits per heavy atom. The van der Waals surface area contributed by atoms with E-state index >= 15 is 0 Å². The first-order chi connectivity index (χ1) is 11.5. The number of carbonyl (C=O) groups is 1. The number of anilines is 2. The monoisotopic (exact) mass is 344 g/mol. The van der Waals surface area contributed by atoms with Gasteiger partial charge in [0.2, 0.25) is 11.5 Å². The van der Waals surface area contributed by atoms with Gasteiger partial charge in [-0.15, -0.1) is 0 Å². The second kappa shape index (κ2) is 6.54. The van der Waals surface area contributed by atoms with E-state index in [4.69, 9.17) is 11.5 Å². The van der Waals surface area contributed by atoms with Crippen LogP contribution in [-0.2, 0) is 0 Å². The summed E-state index contributed by atoms with van der Waals surface area (Å²) in [5.41, 5.74) is 11.5. The molecule has 0 radical (unpaired) electrons. The van der Waals surface area contributed by atoms with Gasteiger partial charge in [-0.1, -0.05) is 30.0 Å². The SMILES string of the molecule is Nc1cc(N)nc(SCC(=O)c2c([O-])on[n+]2-c2ccccc2)n1. The van der Waals surface area contributed by atoms with Crippen molar-refractivity contribution in [3.63, 3.8) is 0 Å². The van der Waals surface area contributed by atoms with Crippen molar-refractivity contribution in [1.29, 1.82) is 0 Å². The molecule has 122 valence electrons. The maximum atomic E-state index is 12.4. The van der Waals surface area contributed by atoms with E-state index in [0.29, 0.717) is 5.69 Å². The molecule has 0 amide bonds. The first kappa shape index (κ1) is 15.7. The normalized spacial score (nSPS) is 10.7. The minimum absolute atomic E-state index is 0.0911. The highest BCUT2D eigenvalue weighted by Crippen LogP contribution is 2.19. The number of Topliss-reactive ketones (excluding diaryl/α,β-unsaturated/α-hetero) is 1. The highest BCUT2D eigenvalue weighted by atomic mass is 32.2. The molecule has 0 spiro atoms. The number of nitrogens with two attached hydrogens (primary N) is 2. The Morgan fingerprint density at radius 1 is 1.21 bits per heavy atom. The molecule has 0 aliphatic carbocycles. The standard InChI is InChI=1S/C14H12N6O3S/c15-10-6-11(16)18-14(17-10)24-7-9(21)12-13(22)23-19-20(12)8-4-2-1-3-5-8/h1-6H,7H2,(H4-,15,16,17,18,19,21,22). The van der Waals surface area contributed by atoms with Gasteiger partial charge in [0.15, 0.2) is 11.1 Å². The van der Waals surface area contributed by atoms with Crippen LogP contribution in [0.1, 0.15) is 10.5 Å². The molecule has 9 nitrogen and oxygen atoms in total. The Labute approximate surface area is 140 Å². The predicted molar refractivity (Wildman–Crippen MR) is 83.4 cm³/mol. The number of nitrogens with zero attached hydrogens (tertiary/aromatic N) is 4. The fourth-order valence-electron chi connectivity index (χ4n) is 1.95. The molecule has 0 atom stereocenters. The zero-order valence-electron chi connectivity index (χ0n) is 12.2. The Kier molecular flexibility index (Phi) is 4.29. The summed E-state index contributed by atoms with van der Waals surface area (Å²) >= 11 is 1.01. The molecule has 3 rings (SSSR count). The van der Waals surface area contributed by atoms with E-state index in [9.17, 15) is 9.90 Å². The van der Waals surface area contributed by atoms with Crippen molar-refractivity contribution >= 4 is 29.2 Å². The summed E-state index contributed by atoms with van der Waals surface area (Å²) in [5.74, 6) is -0.971. The van der Waals surface area contributed by atoms with Crippen LogP contribution in [0.5, 0.6) is 5.95 Å². The number of rotatable bonds is 5. The molecule has 0 saturated carbocycles. The van der Waals surface area contributed by atoms with Crippen molar-refractivity contribution in [1.82, 2.24) is 15.2 Å². The van der Waals surface area contributed by atoms with Gasteiger partial charge in [0, 0.05) is 18.2 Å². The smallest absolute Gasteiger partial charge is 0.307 e. The molecular weight excluding hydrogens is 332 g/mol. The number of thioether (sulfide) groups is 1. The fourth-order valence-corrected chi connectivity index (χ4v) is 2.69. The van der Waals surface area contributed by atoms with E-state index in [1.165, 1.54) is 10.7 Å². The van der Waals surface area contributed by atoms with Crippen LogP contribution >= 0.6 is 11.8 Å². The quantitative estimate of drug-likeness (QED) is 0.281. The molecule has 0 saturated heterocycles. The largest absolute Gasteiger partial charge is 0.539 e. The Balaban J connectivity index is 1.82. The third-order valence-electron chi connectivity index (χ3n) is 2.95. The van der Waals surface area contributed by atoms with Gasteiger partial charge in [0.05, 0.1) is 11.0 Å². The zero-order chi connectivity index (χ0) is 17.1. The lowest BCUT2D eigenvalue weighted by atomic mass is 10.3. The van der Waals surface area contributed by atoms with Gasteiger partial charge in [-0.05, 0) is 4.68 Å². The van der Waals surface area contributed by atoms with Crippen molar-refractivity contribution < 1.29 is 19.1 Å². The Hall–Kier alpha value is -3.14. The highest BCUT2D eigenvalue weighted by Gasteiger charge is 2.27. The average molecular weight is 344 g/mol. The van der Waals surface area contributed by atoms with E-state index in [-0.39, 0.29) is 28.2 Å². The molecule has 24 heavy (non-hydrogen) atoms. The summed E-state index contributed by atoms with van der Waals surface area (Å²) in [7, 11) is 0. The van der Waals surface area contributed by atoms with Crippen LogP contribution in [0.4, 0.5) is 11.6 Å². The van der Waals surface area contributed by atoms with Gasteiger partial charge in [-0.25, -0.2) is 9.97 Å². The summed E-state index contributed by atoms with van der Waals surface area (Å²) < 4.78 is 5.78. The van der Waals surface area contributed by atoms with Gasteiger partial charge in [-0.2, -0.15) is 0 Å².